The maximum atomic E-state index is 13.3. The van der Waals surface area contributed by atoms with Gasteiger partial charge in [-0.25, -0.2) is 8.42 Å². The molecule has 0 radical (unpaired) electrons. The zero-order chi connectivity index (χ0) is 21.8. The Labute approximate surface area is 185 Å². The minimum atomic E-state index is -3.71. The molecule has 3 saturated heterocycles. The van der Waals surface area contributed by atoms with E-state index in [1.54, 1.807) is 35.2 Å². The fourth-order valence-electron chi connectivity index (χ4n) is 5.10. The second kappa shape index (κ2) is 9.69. The molecule has 1 unspecified atom stereocenters. The van der Waals surface area contributed by atoms with Gasteiger partial charge >= 0.3 is 0 Å². The van der Waals surface area contributed by atoms with Crippen molar-refractivity contribution in [2.24, 2.45) is 5.92 Å². The van der Waals surface area contributed by atoms with Crippen molar-refractivity contribution in [3.63, 3.8) is 0 Å². The van der Waals surface area contributed by atoms with Gasteiger partial charge in [0.2, 0.25) is 21.8 Å². The van der Waals surface area contributed by atoms with Crippen LogP contribution in [-0.4, -0.2) is 73.1 Å². The molecule has 8 heteroatoms. The lowest BCUT2D eigenvalue weighted by atomic mass is 9.93. The summed E-state index contributed by atoms with van der Waals surface area (Å²) in [4.78, 5) is 30.2. The van der Waals surface area contributed by atoms with Crippen LogP contribution in [0.15, 0.2) is 35.2 Å². The molecule has 31 heavy (non-hydrogen) atoms. The van der Waals surface area contributed by atoms with Gasteiger partial charge in [0, 0.05) is 38.6 Å². The maximum Gasteiger partial charge on any atom is 0.243 e. The van der Waals surface area contributed by atoms with Crippen LogP contribution in [-0.2, 0) is 19.6 Å². The van der Waals surface area contributed by atoms with E-state index < -0.39 is 16.1 Å². The van der Waals surface area contributed by atoms with Crippen molar-refractivity contribution < 1.29 is 18.0 Å². The summed E-state index contributed by atoms with van der Waals surface area (Å²) in [5.74, 6) is 0.110. The molecule has 170 valence electrons. The van der Waals surface area contributed by atoms with E-state index in [4.69, 9.17) is 0 Å². The Morgan fingerprint density at radius 2 is 1.32 bits per heavy atom. The summed E-state index contributed by atoms with van der Waals surface area (Å²) >= 11 is 0. The maximum absolute atomic E-state index is 13.3. The minimum absolute atomic E-state index is 0.0161. The smallest absolute Gasteiger partial charge is 0.243 e. The molecule has 1 aromatic rings. The predicted molar refractivity (Wildman–Crippen MR) is 118 cm³/mol. The van der Waals surface area contributed by atoms with Gasteiger partial charge in [0.25, 0.3) is 0 Å². The topological polar surface area (TPSA) is 78.0 Å². The Hall–Kier alpha value is -1.93. The molecule has 0 bridgehead atoms. The first-order valence-corrected chi connectivity index (χ1v) is 13.1. The van der Waals surface area contributed by atoms with Gasteiger partial charge in [-0.1, -0.05) is 24.6 Å². The number of carbonyl (C=O) groups is 2. The van der Waals surface area contributed by atoms with Crippen LogP contribution in [0.1, 0.15) is 51.4 Å². The second-order valence-corrected chi connectivity index (χ2v) is 10.8. The van der Waals surface area contributed by atoms with E-state index in [0.717, 1.165) is 38.8 Å². The highest BCUT2D eigenvalue weighted by atomic mass is 32.2. The summed E-state index contributed by atoms with van der Waals surface area (Å²) in [5.41, 5.74) is 0. The SMILES string of the molecule is O=C(C1CCN(C(=O)C2CCCCN2S(=O)(=O)c2ccccc2)CC1)N1CCCCC1. The van der Waals surface area contributed by atoms with Gasteiger partial charge in [-0.05, 0) is 57.1 Å². The highest BCUT2D eigenvalue weighted by molar-refractivity contribution is 7.89. The van der Waals surface area contributed by atoms with Crippen molar-refractivity contribution in [2.45, 2.75) is 62.3 Å². The van der Waals surface area contributed by atoms with E-state index in [2.05, 4.69) is 0 Å². The Morgan fingerprint density at radius 1 is 0.710 bits per heavy atom. The van der Waals surface area contributed by atoms with Crippen molar-refractivity contribution in [1.82, 2.24) is 14.1 Å². The molecule has 7 nitrogen and oxygen atoms in total. The predicted octanol–water partition coefficient (Wildman–Crippen LogP) is 2.48. The molecule has 0 saturated carbocycles. The Kier molecular flexibility index (Phi) is 6.96. The van der Waals surface area contributed by atoms with Crippen molar-refractivity contribution in [3.05, 3.63) is 30.3 Å². The van der Waals surface area contributed by atoms with Crippen LogP contribution in [0.25, 0.3) is 0 Å². The van der Waals surface area contributed by atoms with Gasteiger partial charge in [0.05, 0.1) is 4.90 Å². The number of benzene rings is 1. The van der Waals surface area contributed by atoms with Crippen molar-refractivity contribution in [2.75, 3.05) is 32.7 Å². The number of rotatable bonds is 4. The summed E-state index contributed by atoms with van der Waals surface area (Å²) in [6.07, 6.45) is 6.85. The minimum Gasteiger partial charge on any atom is -0.342 e. The highest BCUT2D eigenvalue weighted by Gasteiger charge is 2.40. The molecule has 0 spiro atoms. The van der Waals surface area contributed by atoms with Gasteiger partial charge in [-0.2, -0.15) is 4.31 Å². The number of piperidine rings is 3. The molecule has 1 aromatic carbocycles. The Bertz CT molecular complexity index is 875. The highest BCUT2D eigenvalue weighted by Crippen LogP contribution is 2.28. The lowest BCUT2D eigenvalue weighted by Crippen LogP contribution is -2.55. The molecule has 3 aliphatic heterocycles. The molecule has 2 amide bonds. The molecule has 0 N–H and O–H groups in total. The van der Waals surface area contributed by atoms with E-state index >= 15 is 0 Å². The summed E-state index contributed by atoms with van der Waals surface area (Å²) in [6, 6.07) is 7.73. The molecular weight excluding hydrogens is 414 g/mol. The molecule has 1 atom stereocenters. The number of sulfonamides is 1. The first-order valence-electron chi connectivity index (χ1n) is 11.6. The van der Waals surface area contributed by atoms with Crippen molar-refractivity contribution in [1.29, 1.82) is 0 Å². The average molecular weight is 448 g/mol. The van der Waals surface area contributed by atoms with Crippen molar-refractivity contribution in [3.8, 4) is 0 Å². The van der Waals surface area contributed by atoms with E-state index in [-0.39, 0.29) is 22.6 Å². The van der Waals surface area contributed by atoms with Crippen molar-refractivity contribution >= 4 is 21.8 Å². The van der Waals surface area contributed by atoms with Crippen LogP contribution in [0.3, 0.4) is 0 Å². The first kappa shape index (κ1) is 22.3. The third kappa shape index (κ3) is 4.80. The van der Waals surface area contributed by atoms with Crippen LogP contribution < -0.4 is 0 Å². The molecule has 0 aromatic heterocycles. The first-order chi connectivity index (χ1) is 15.0. The third-order valence-electron chi connectivity index (χ3n) is 6.91. The zero-order valence-electron chi connectivity index (χ0n) is 18.1. The number of nitrogens with zero attached hydrogens (tertiary/aromatic N) is 3. The average Bonchev–Trinajstić information content (AvgIpc) is 2.84. The van der Waals surface area contributed by atoms with Crippen LogP contribution >= 0.6 is 0 Å². The summed E-state index contributed by atoms with van der Waals surface area (Å²) in [7, 11) is -3.71. The van der Waals surface area contributed by atoms with E-state index in [9.17, 15) is 18.0 Å². The largest absolute Gasteiger partial charge is 0.342 e. The zero-order valence-corrected chi connectivity index (χ0v) is 18.9. The van der Waals surface area contributed by atoms with Crippen LogP contribution in [0.4, 0.5) is 0 Å². The van der Waals surface area contributed by atoms with Crippen LogP contribution in [0.2, 0.25) is 0 Å². The molecule has 4 rings (SSSR count). The van der Waals surface area contributed by atoms with E-state index in [1.807, 2.05) is 4.90 Å². The van der Waals surface area contributed by atoms with Gasteiger partial charge in [0.15, 0.2) is 0 Å². The Balaban J connectivity index is 1.41. The molecule has 3 aliphatic rings. The number of amides is 2. The number of carbonyl (C=O) groups excluding carboxylic acids is 2. The monoisotopic (exact) mass is 447 g/mol. The van der Waals surface area contributed by atoms with Crippen LogP contribution in [0, 0.1) is 5.92 Å². The standard InChI is InChI=1S/C23H33N3O4S/c27-22(24-14-6-2-7-15-24)19-12-17-25(18-13-19)23(28)21-11-5-8-16-26(21)31(29,30)20-9-3-1-4-10-20/h1,3-4,9-10,19,21H,2,5-8,11-18H2. The van der Waals surface area contributed by atoms with Crippen LogP contribution in [0.5, 0.6) is 0 Å². The second-order valence-electron chi connectivity index (χ2n) is 8.93. The summed E-state index contributed by atoms with van der Waals surface area (Å²) < 4.78 is 27.8. The van der Waals surface area contributed by atoms with E-state index in [0.29, 0.717) is 38.9 Å². The van der Waals surface area contributed by atoms with Gasteiger partial charge in [-0.3, -0.25) is 9.59 Å². The quantitative estimate of drug-likeness (QED) is 0.710. The number of likely N-dealkylation sites (tertiary alicyclic amines) is 2. The summed E-state index contributed by atoms with van der Waals surface area (Å²) in [5, 5.41) is 0. The molecule has 3 fully saturated rings. The summed E-state index contributed by atoms with van der Waals surface area (Å²) in [6.45, 7) is 3.13. The Morgan fingerprint density at radius 3 is 2.00 bits per heavy atom. The fraction of sp³-hybridized carbons (Fsp3) is 0.652. The lowest BCUT2D eigenvalue weighted by Gasteiger charge is -2.40. The fourth-order valence-corrected chi connectivity index (χ4v) is 6.77. The molecular formula is C23H33N3O4S. The number of hydrogen-bond acceptors (Lipinski definition) is 4. The normalized spacial score (nSPS) is 24.2. The van der Waals surface area contributed by atoms with E-state index in [1.165, 1.54) is 10.7 Å². The lowest BCUT2D eigenvalue weighted by molar-refractivity contribution is -0.143. The van der Waals surface area contributed by atoms with Gasteiger partial charge in [0.1, 0.15) is 6.04 Å². The number of hydrogen-bond donors (Lipinski definition) is 0. The van der Waals surface area contributed by atoms with Gasteiger partial charge < -0.3 is 9.80 Å². The molecule has 0 aliphatic carbocycles. The molecule has 3 heterocycles. The van der Waals surface area contributed by atoms with Gasteiger partial charge in [-0.15, -0.1) is 0 Å². The third-order valence-corrected chi connectivity index (χ3v) is 8.83.